The molecule has 2 amide bonds. The van der Waals surface area contributed by atoms with Gasteiger partial charge in [-0.15, -0.1) is 13.2 Å². The van der Waals surface area contributed by atoms with Crippen LogP contribution in [0.4, 0.5) is 19.1 Å². The lowest BCUT2D eigenvalue weighted by Gasteiger charge is -2.16. The topological polar surface area (TPSA) is 93.2 Å². The second kappa shape index (κ2) is 8.68. The second-order valence-corrected chi connectivity index (χ2v) is 6.22. The van der Waals surface area contributed by atoms with E-state index in [1.807, 2.05) is 0 Å². The summed E-state index contributed by atoms with van der Waals surface area (Å²) in [6.07, 6.45) is -3.48. The number of nitrogens with zero attached hydrogens (tertiary/aromatic N) is 2. The summed E-state index contributed by atoms with van der Waals surface area (Å²) in [5.41, 5.74) is 0.418. The number of carbonyl (C=O) groups excluding carboxylic acids is 2. The minimum absolute atomic E-state index is 0.00334. The summed E-state index contributed by atoms with van der Waals surface area (Å²) < 4.78 is 40.9. The summed E-state index contributed by atoms with van der Waals surface area (Å²) in [6.45, 7) is 5.00. The molecule has 1 aromatic heterocycles. The Bertz CT molecular complexity index is 856. The summed E-state index contributed by atoms with van der Waals surface area (Å²) in [5, 5.41) is 5.11. The maximum absolute atomic E-state index is 12.4. The van der Waals surface area contributed by atoms with Crippen LogP contribution in [-0.2, 0) is 4.79 Å². The number of nitrogens with one attached hydrogen (secondary N) is 2. The maximum Gasteiger partial charge on any atom is 0.573 e. The monoisotopic (exact) mass is 396 g/mol. The lowest BCUT2D eigenvalue weighted by atomic mass is 10.1. The van der Waals surface area contributed by atoms with Gasteiger partial charge in [0.25, 0.3) is 5.91 Å². The van der Waals surface area contributed by atoms with Gasteiger partial charge in [0.1, 0.15) is 11.4 Å². The Balaban J connectivity index is 2.08. The number of hydrogen-bond donors (Lipinski definition) is 2. The van der Waals surface area contributed by atoms with E-state index in [2.05, 4.69) is 25.3 Å². The molecule has 0 spiro atoms. The van der Waals surface area contributed by atoms with Crippen molar-refractivity contribution in [3.63, 3.8) is 0 Å². The molecule has 2 N–H and O–H groups in total. The Kier molecular flexibility index (Phi) is 6.55. The largest absolute Gasteiger partial charge is 0.573 e. The van der Waals surface area contributed by atoms with E-state index < -0.39 is 18.3 Å². The Morgan fingerprint density at radius 2 is 1.86 bits per heavy atom. The number of anilines is 1. The lowest BCUT2D eigenvalue weighted by molar-refractivity contribution is -0.274. The maximum atomic E-state index is 12.4. The predicted octanol–water partition coefficient (Wildman–Crippen LogP) is 3.46. The summed E-state index contributed by atoms with van der Waals surface area (Å²) in [6, 6.07) is 6.04. The van der Waals surface area contributed by atoms with E-state index in [1.54, 1.807) is 26.8 Å². The molecule has 0 fully saturated rings. The molecule has 0 aliphatic rings. The fourth-order valence-electron chi connectivity index (χ4n) is 2.13. The van der Waals surface area contributed by atoms with Crippen molar-refractivity contribution in [1.29, 1.82) is 0 Å². The lowest BCUT2D eigenvalue weighted by Crippen LogP contribution is -2.28. The van der Waals surface area contributed by atoms with Crippen LogP contribution in [0.25, 0.3) is 0 Å². The molecule has 7 nitrogen and oxygen atoms in total. The van der Waals surface area contributed by atoms with Gasteiger partial charge in [0.15, 0.2) is 0 Å². The third-order valence-corrected chi connectivity index (χ3v) is 3.59. The number of benzene rings is 1. The molecule has 1 unspecified atom stereocenters. The van der Waals surface area contributed by atoms with Crippen LogP contribution >= 0.6 is 0 Å². The van der Waals surface area contributed by atoms with Gasteiger partial charge in [0, 0.05) is 12.1 Å². The number of carbonyl (C=O) groups is 2. The number of halogens is 3. The summed E-state index contributed by atoms with van der Waals surface area (Å²) in [7, 11) is 0. The zero-order chi connectivity index (χ0) is 20.9. The number of rotatable bonds is 6. The Hall–Kier alpha value is -3.17. The van der Waals surface area contributed by atoms with Crippen LogP contribution in [0.2, 0.25) is 0 Å². The molecular formula is C18H19F3N4O3. The normalized spacial score (nSPS) is 12.4. The molecule has 0 saturated heterocycles. The fraction of sp³-hybridized carbons (Fsp3) is 0.333. The molecule has 0 aliphatic carbocycles. The van der Waals surface area contributed by atoms with Crippen molar-refractivity contribution < 1.29 is 27.5 Å². The van der Waals surface area contributed by atoms with Crippen LogP contribution in [0.1, 0.15) is 42.9 Å². The molecule has 0 radical (unpaired) electrons. The summed E-state index contributed by atoms with van der Waals surface area (Å²) >= 11 is 0. The first kappa shape index (κ1) is 21.1. The number of aromatic nitrogens is 2. The molecule has 2 rings (SSSR count). The zero-order valence-corrected chi connectivity index (χ0v) is 15.4. The molecule has 1 atom stereocenters. The average Bonchev–Trinajstić information content (AvgIpc) is 2.60. The Morgan fingerprint density at radius 3 is 2.50 bits per heavy atom. The van der Waals surface area contributed by atoms with Crippen molar-refractivity contribution in [3.8, 4) is 5.75 Å². The fourth-order valence-corrected chi connectivity index (χ4v) is 2.13. The van der Waals surface area contributed by atoms with Crippen molar-refractivity contribution in [3.05, 3.63) is 47.8 Å². The van der Waals surface area contributed by atoms with E-state index in [1.165, 1.54) is 30.5 Å². The molecular weight excluding hydrogens is 377 g/mol. The van der Waals surface area contributed by atoms with Gasteiger partial charge in [-0.25, -0.2) is 9.97 Å². The van der Waals surface area contributed by atoms with Crippen molar-refractivity contribution in [2.24, 2.45) is 5.92 Å². The molecule has 150 valence electrons. The quantitative estimate of drug-likeness (QED) is 0.780. The van der Waals surface area contributed by atoms with E-state index in [4.69, 9.17) is 0 Å². The van der Waals surface area contributed by atoms with Crippen molar-refractivity contribution in [1.82, 2.24) is 15.3 Å². The number of alkyl halides is 3. The third-order valence-electron chi connectivity index (χ3n) is 3.59. The van der Waals surface area contributed by atoms with Crippen LogP contribution in [0.5, 0.6) is 5.75 Å². The van der Waals surface area contributed by atoms with E-state index in [-0.39, 0.29) is 29.2 Å². The van der Waals surface area contributed by atoms with E-state index in [0.717, 1.165) is 0 Å². The number of hydrogen-bond acceptors (Lipinski definition) is 5. The molecule has 1 aromatic carbocycles. The minimum atomic E-state index is -4.80. The van der Waals surface area contributed by atoms with Gasteiger partial charge in [0.2, 0.25) is 11.9 Å². The summed E-state index contributed by atoms with van der Waals surface area (Å²) in [5.74, 6) is -1.55. The highest BCUT2D eigenvalue weighted by molar-refractivity contribution is 5.94. The predicted molar refractivity (Wildman–Crippen MR) is 94.5 cm³/mol. The van der Waals surface area contributed by atoms with Gasteiger partial charge < -0.3 is 10.1 Å². The first-order valence-corrected chi connectivity index (χ1v) is 8.35. The molecule has 1 heterocycles. The molecule has 2 aromatic rings. The van der Waals surface area contributed by atoms with Crippen LogP contribution in [0.3, 0.4) is 0 Å². The van der Waals surface area contributed by atoms with Gasteiger partial charge >= 0.3 is 6.36 Å². The van der Waals surface area contributed by atoms with E-state index in [0.29, 0.717) is 5.56 Å². The summed E-state index contributed by atoms with van der Waals surface area (Å²) in [4.78, 5) is 32.0. The van der Waals surface area contributed by atoms with Gasteiger partial charge in [0.05, 0.1) is 6.04 Å². The Labute approximate surface area is 159 Å². The number of ether oxygens (including phenoxy) is 1. The van der Waals surface area contributed by atoms with Crippen LogP contribution in [0.15, 0.2) is 36.5 Å². The molecule has 0 saturated carbocycles. The van der Waals surface area contributed by atoms with E-state index in [9.17, 15) is 22.8 Å². The SMILES string of the molecule is CC(C)C(=O)Nc1nccc(C(=O)NC(C)c2cccc(OC(F)(F)F)c2)n1. The molecule has 28 heavy (non-hydrogen) atoms. The second-order valence-electron chi connectivity index (χ2n) is 6.22. The van der Waals surface area contributed by atoms with Gasteiger partial charge in [-0.1, -0.05) is 26.0 Å². The Morgan fingerprint density at radius 1 is 1.14 bits per heavy atom. The van der Waals surface area contributed by atoms with Crippen molar-refractivity contribution >= 4 is 17.8 Å². The number of amides is 2. The van der Waals surface area contributed by atoms with Gasteiger partial charge in [-0.2, -0.15) is 0 Å². The van der Waals surface area contributed by atoms with Gasteiger partial charge in [-0.3, -0.25) is 14.9 Å². The highest BCUT2D eigenvalue weighted by atomic mass is 19.4. The van der Waals surface area contributed by atoms with Crippen LogP contribution < -0.4 is 15.4 Å². The van der Waals surface area contributed by atoms with Crippen molar-refractivity contribution in [2.75, 3.05) is 5.32 Å². The zero-order valence-electron chi connectivity index (χ0n) is 15.4. The molecule has 0 bridgehead atoms. The van der Waals surface area contributed by atoms with E-state index >= 15 is 0 Å². The average molecular weight is 396 g/mol. The van der Waals surface area contributed by atoms with Gasteiger partial charge in [-0.05, 0) is 30.7 Å². The molecule has 10 heteroatoms. The standard InChI is InChI=1S/C18H19F3N4O3/c1-10(2)15(26)25-17-22-8-7-14(24-17)16(27)23-11(3)12-5-4-6-13(9-12)28-18(19,20)21/h4-11H,1-3H3,(H,23,27)(H,22,24,25,26). The highest BCUT2D eigenvalue weighted by Gasteiger charge is 2.31. The van der Waals surface area contributed by atoms with Crippen LogP contribution in [0, 0.1) is 5.92 Å². The first-order valence-electron chi connectivity index (χ1n) is 8.35. The van der Waals surface area contributed by atoms with Crippen LogP contribution in [-0.4, -0.2) is 28.1 Å². The third kappa shape index (κ3) is 6.22. The first-order chi connectivity index (χ1) is 13.0. The smallest absolute Gasteiger partial charge is 0.406 e. The van der Waals surface area contributed by atoms with Crippen molar-refractivity contribution in [2.45, 2.75) is 33.2 Å². The molecule has 0 aliphatic heterocycles. The highest BCUT2D eigenvalue weighted by Crippen LogP contribution is 2.25. The minimum Gasteiger partial charge on any atom is -0.406 e.